The topological polar surface area (TPSA) is 65.0 Å². The van der Waals surface area contributed by atoms with Gasteiger partial charge in [0, 0.05) is 37.6 Å². The summed E-state index contributed by atoms with van der Waals surface area (Å²) in [5, 5.41) is 1.93. The first-order chi connectivity index (χ1) is 12.5. The molecule has 0 aromatic heterocycles. The van der Waals surface area contributed by atoms with Crippen LogP contribution in [0.2, 0.25) is 0 Å². The van der Waals surface area contributed by atoms with Gasteiger partial charge in [-0.25, -0.2) is 8.42 Å². The fraction of sp³-hybridized carbons (Fsp3) is 0.412. The zero-order valence-corrected chi connectivity index (χ0v) is 17.8. The molecule has 2 unspecified atom stereocenters. The molecule has 1 aromatic carbocycles. The Labute approximate surface area is 166 Å². The van der Waals surface area contributed by atoms with E-state index in [1.54, 1.807) is 30.3 Å². The first-order valence-corrected chi connectivity index (χ1v) is 12.0. The lowest BCUT2D eigenvalue weighted by atomic mass is 10.3. The van der Waals surface area contributed by atoms with Crippen LogP contribution in [0.4, 0.5) is 0 Å². The van der Waals surface area contributed by atoms with E-state index in [0.29, 0.717) is 0 Å². The molecule has 0 radical (unpaired) electrons. The first kappa shape index (κ1) is 19.9. The molecule has 142 valence electrons. The number of benzene rings is 1. The van der Waals surface area contributed by atoms with Crippen LogP contribution in [0.5, 0.6) is 0 Å². The molecule has 0 amide bonds. The van der Waals surface area contributed by atoms with Crippen LogP contribution in [0.15, 0.2) is 62.2 Å². The van der Waals surface area contributed by atoms with Crippen LogP contribution in [0.1, 0.15) is 0 Å². The third-order valence-corrected chi connectivity index (χ3v) is 8.37. The molecule has 1 fully saturated rings. The Hall–Kier alpha value is -0.840. The van der Waals surface area contributed by atoms with E-state index in [2.05, 4.69) is 42.1 Å². The molecule has 6 nitrogen and oxygen atoms in total. The predicted octanol–water partition coefficient (Wildman–Crippen LogP) is 2.10. The summed E-state index contributed by atoms with van der Waals surface area (Å²) in [6, 6.07) is 8.29. The maximum atomic E-state index is 12.3. The number of nitrogens with one attached hydrogen (secondary N) is 1. The summed E-state index contributed by atoms with van der Waals surface area (Å²) in [6.07, 6.45) is 3.97. The second kappa shape index (κ2) is 8.90. The predicted molar refractivity (Wildman–Crippen MR) is 110 cm³/mol. The zero-order valence-electron chi connectivity index (χ0n) is 14.6. The molecule has 0 saturated carbocycles. The molecule has 0 bridgehead atoms. The molecule has 26 heavy (non-hydrogen) atoms. The van der Waals surface area contributed by atoms with E-state index < -0.39 is 20.7 Å². The lowest BCUT2D eigenvalue weighted by molar-refractivity contribution is 0.157. The van der Waals surface area contributed by atoms with Crippen molar-refractivity contribution in [2.45, 2.75) is 9.72 Å². The number of allylic oxidation sites excluding steroid dienone is 2. The number of rotatable bonds is 6. The van der Waals surface area contributed by atoms with Gasteiger partial charge in [-0.15, -0.1) is 0 Å². The molecule has 9 heteroatoms. The largest absolute Gasteiger partial charge is 0.304 e. The van der Waals surface area contributed by atoms with Gasteiger partial charge in [0.1, 0.15) is 0 Å². The molecule has 1 aromatic rings. The average Bonchev–Trinajstić information content (AvgIpc) is 3.12. The van der Waals surface area contributed by atoms with E-state index in [9.17, 15) is 8.42 Å². The molecule has 1 saturated heterocycles. The monoisotopic (exact) mass is 458 g/mol. The highest BCUT2D eigenvalue weighted by Crippen LogP contribution is 2.24. The van der Waals surface area contributed by atoms with Crippen molar-refractivity contribution in [3.63, 3.8) is 0 Å². The van der Waals surface area contributed by atoms with Gasteiger partial charge < -0.3 is 4.90 Å². The minimum Gasteiger partial charge on any atom is -0.304 e. The summed E-state index contributed by atoms with van der Waals surface area (Å²) in [5.74, 6) is 0. The van der Waals surface area contributed by atoms with E-state index in [-0.39, 0.29) is 9.72 Å². The third-order valence-electron chi connectivity index (χ3n) is 4.34. The van der Waals surface area contributed by atoms with Crippen molar-refractivity contribution in [3.05, 3.63) is 52.8 Å². The van der Waals surface area contributed by atoms with Gasteiger partial charge >= 0.3 is 0 Å². The van der Waals surface area contributed by atoms with Gasteiger partial charge in [-0.2, -0.15) is 4.47 Å². The molecular formula is C17H23BrN4O2S2. The molecule has 0 spiro atoms. The van der Waals surface area contributed by atoms with E-state index in [0.717, 1.165) is 37.6 Å². The number of hydrogen-bond acceptors (Lipinski definition) is 5. The molecule has 0 aliphatic carbocycles. The first-order valence-electron chi connectivity index (χ1n) is 8.40. The van der Waals surface area contributed by atoms with E-state index >= 15 is 0 Å². The summed E-state index contributed by atoms with van der Waals surface area (Å²) in [4.78, 5) is 8.60. The Morgan fingerprint density at radius 3 is 2.62 bits per heavy atom. The van der Waals surface area contributed by atoms with Gasteiger partial charge in [0.25, 0.3) is 10.0 Å². The normalized spacial score (nSPS) is 23.3. The Morgan fingerprint density at radius 2 is 1.92 bits per heavy atom. The van der Waals surface area contributed by atoms with Crippen LogP contribution in [0.25, 0.3) is 0 Å². The Kier molecular flexibility index (Phi) is 6.81. The number of hydrogen-bond donors (Lipinski definition) is 1. The highest BCUT2D eigenvalue weighted by atomic mass is 79.9. The maximum Gasteiger partial charge on any atom is 0.259 e. The van der Waals surface area contributed by atoms with Crippen molar-refractivity contribution in [3.8, 4) is 0 Å². The molecule has 2 atom stereocenters. The van der Waals surface area contributed by atoms with Gasteiger partial charge in [0.05, 0.1) is 9.72 Å². The zero-order chi connectivity index (χ0) is 18.6. The SMILES string of the molecule is CN1CCN(CC(Br)C2=CC=CS2=NNS(=O)(=O)c2ccccc2)CC1. The number of sulfonamides is 1. The Bertz CT molecular complexity index is 816. The van der Waals surface area contributed by atoms with Crippen LogP contribution in [-0.4, -0.2) is 62.8 Å². The third kappa shape index (κ3) is 5.11. The van der Waals surface area contributed by atoms with Gasteiger partial charge in [-0.1, -0.05) is 45.0 Å². The summed E-state index contributed by atoms with van der Waals surface area (Å²) >= 11 is 3.77. The summed E-state index contributed by atoms with van der Waals surface area (Å²) < 4.78 is 28.9. The lowest BCUT2D eigenvalue weighted by Gasteiger charge is -2.33. The quantitative estimate of drug-likeness (QED) is 0.523. The second-order valence-electron chi connectivity index (χ2n) is 6.28. The van der Waals surface area contributed by atoms with Crippen LogP contribution >= 0.6 is 15.9 Å². The van der Waals surface area contributed by atoms with Crippen molar-refractivity contribution in [2.75, 3.05) is 39.8 Å². The molecule has 2 heterocycles. The van der Waals surface area contributed by atoms with Crippen molar-refractivity contribution < 1.29 is 8.42 Å². The Morgan fingerprint density at radius 1 is 1.23 bits per heavy atom. The number of halogens is 1. The van der Waals surface area contributed by atoms with Crippen LogP contribution < -0.4 is 4.83 Å². The lowest BCUT2D eigenvalue weighted by Crippen LogP contribution is -2.46. The van der Waals surface area contributed by atoms with Gasteiger partial charge in [0.15, 0.2) is 0 Å². The minimum absolute atomic E-state index is 0.147. The minimum atomic E-state index is -3.63. The second-order valence-corrected chi connectivity index (χ2v) is 10.6. The molecule has 2 aliphatic rings. The van der Waals surface area contributed by atoms with E-state index in [1.807, 2.05) is 17.6 Å². The van der Waals surface area contributed by atoms with Gasteiger partial charge in [-0.3, -0.25) is 4.90 Å². The van der Waals surface area contributed by atoms with Crippen molar-refractivity contribution in [1.82, 2.24) is 14.6 Å². The van der Waals surface area contributed by atoms with Crippen LogP contribution in [-0.2, 0) is 20.7 Å². The standard InChI is InChI=1S/C17H23BrN4O2S2/c1-21-9-11-22(12-10-21)14-16(18)17-8-5-13-25(17)19-20-26(23,24)15-6-3-2-4-7-15/h2-8,13,16,20H,9-12,14H2,1H3. The van der Waals surface area contributed by atoms with Gasteiger partial charge in [0.2, 0.25) is 0 Å². The molecule has 1 N–H and O–H groups in total. The van der Waals surface area contributed by atoms with Crippen molar-refractivity contribution >= 4 is 36.6 Å². The fourth-order valence-corrected chi connectivity index (χ4v) is 6.34. The Balaban J connectivity index is 1.64. The maximum absolute atomic E-state index is 12.3. The molecular weight excluding hydrogens is 436 g/mol. The molecule has 2 aliphatic heterocycles. The number of likely N-dealkylation sites (N-methyl/N-ethyl adjacent to an activating group) is 1. The van der Waals surface area contributed by atoms with E-state index in [1.165, 1.54) is 0 Å². The highest BCUT2D eigenvalue weighted by Gasteiger charge is 2.22. The van der Waals surface area contributed by atoms with Gasteiger partial charge in [-0.05, 0) is 41.4 Å². The fourth-order valence-electron chi connectivity index (χ4n) is 2.76. The summed E-state index contributed by atoms with van der Waals surface area (Å²) in [5.41, 5.74) is 0. The smallest absolute Gasteiger partial charge is 0.259 e. The van der Waals surface area contributed by atoms with Crippen LogP contribution in [0, 0.1) is 0 Å². The highest BCUT2D eigenvalue weighted by molar-refractivity contribution is 9.09. The summed E-state index contributed by atoms with van der Waals surface area (Å²) in [6.45, 7) is 5.13. The van der Waals surface area contributed by atoms with Crippen LogP contribution in [0.3, 0.4) is 0 Å². The van der Waals surface area contributed by atoms with Crippen molar-refractivity contribution in [1.29, 1.82) is 0 Å². The number of nitrogens with zero attached hydrogens (tertiary/aromatic N) is 3. The van der Waals surface area contributed by atoms with Crippen molar-refractivity contribution in [2.24, 2.45) is 4.47 Å². The molecule has 3 rings (SSSR count). The average molecular weight is 459 g/mol. The summed E-state index contributed by atoms with van der Waals surface area (Å²) in [7, 11) is -2.09. The number of alkyl halides is 1. The number of piperazine rings is 1. The van der Waals surface area contributed by atoms with E-state index in [4.69, 9.17) is 0 Å².